The number of hydrogen-bond donors (Lipinski definition) is 2. The minimum absolute atomic E-state index is 0.0133. The van der Waals surface area contributed by atoms with Crippen molar-refractivity contribution in [3.63, 3.8) is 0 Å². The first kappa shape index (κ1) is 12.4. The molecule has 2 rings (SSSR count). The van der Waals surface area contributed by atoms with Crippen LogP contribution in [0, 0.1) is 0 Å². The molecule has 6 nitrogen and oxygen atoms in total. The number of nitrogens with one attached hydrogen (secondary N) is 1. The molecule has 2 aromatic heterocycles. The molecule has 3 N–H and O–H groups in total. The van der Waals surface area contributed by atoms with Crippen LogP contribution in [0.25, 0.3) is 11.0 Å². The molecule has 2 aromatic rings. The van der Waals surface area contributed by atoms with Gasteiger partial charge in [0.2, 0.25) is 5.95 Å². The van der Waals surface area contributed by atoms with Crippen molar-refractivity contribution >= 4 is 22.8 Å². The van der Waals surface area contributed by atoms with Crippen LogP contribution in [0.3, 0.4) is 0 Å². The molecule has 0 radical (unpaired) electrons. The van der Waals surface area contributed by atoms with Gasteiger partial charge in [-0.25, -0.2) is 0 Å². The molecule has 98 valence electrons. The molecule has 0 fully saturated rings. The quantitative estimate of drug-likeness (QED) is 0.869. The van der Waals surface area contributed by atoms with Gasteiger partial charge >= 0.3 is 6.18 Å². The van der Waals surface area contributed by atoms with Gasteiger partial charge in [0, 0.05) is 13.6 Å². The maximum atomic E-state index is 12.2. The van der Waals surface area contributed by atoms with Gasteiger partial charge in [0.25, 0.3) is 0 Å². The van der Waals surface area contributed by atoms with Crippen LogP contribution in [0.5, 0.6) is 0 Å². The zero-order valence-corrected chi connectivity index (χ0v) is 9.49. The normalized spacial score (nSPS) is 12.0. The number of hydrogen-bond acceptors (Lipinski definition) is 5. The Hall–Kier alpha value is -2.06. The van der Waals surface area contributed by atoms with E-state index in [2.05, 4.69) is 20.2 Å². The van der Waals surface area contributed by atoms with Crippen LogP contribution < -0.4 is 10.6 Å². The molecule has 9 heteroatoms. The Morgan fingerprint density at radius 3 is 2.78 bits per heavy atom. The van der Waals surface area contributed by atoms with E-state index in [1.807, 2.05) is 0 Å². The first-order valence-electron chi connectivity index (χ1n) is 5.11. The van der Waals surface area contributed by atoms with E-state index in [9.17, 15) is 13.2 Å². The van der Waals surface area contributed by atoms with E-state index in [4.69, 9.17) is 5.73 Å². The lowest BCUT2D eigenvalue weighted by molar-refractivity contribution is -0.132. The molecule has 0 aliphatic carbocycles. The number of H-pyrrole nitrogens is 1. The molecule has 0 bridgehead atoms. The van der Waals surface area contributed by atoms with Crippen molar-refractivity contribution in [2.24, 2.45) is 0 Å². The fourth-order valence-corrected chi connectivity index (χ4v) is 1.53. The van der Waals surface area contributed by atoms with Gasteiger partial charge in [0.05, 0.1) is 18.0 Å². The third-order valence-electron chi connectivity index (χ3n) is 2.40. The standard InChI is InChI=1S/C9H11F3N6/c1-18(3-2-9(10,11)12)7-5-4-14-17-6(5)15-8(13)16-7/h4H,2-3H2,1H3,(H3,13,14,15,16,17). The highest BCUT2D eigenvalue weighted by Gasteiger charge is 2.27. The number of nitrogens with zero attached hydrogens (tertiary/aromatic N) is 4. The van der Waals surface area contributed by atoms with Gasteiger partial charge in [-0.3, -0.25) is 5.10 Å². The molecule has 0 aromatic carbocycles. The molecular formula is C9H11F3N6. The summed E-state index contributed by atoms with van der Waals surface area (Å²) in [5.74, 6) is 0.316. The Morgan fingerprint density at radius 2 is 2.11 bits per heavy atom. The van der Waals surface area contributed by atoms with Crippen LogP contribution in [0.15, 0.2) is 6.20 Å². The predicted octanol–water partition coefficient (Wildman–Crippen LogP) is 1.32. The maximum absolute atomic E-state index is 12.2. The molecule has 0 saturated carbocycles. The van der Waals surface area contributed by atoms with Gasteiger partial charge in [-0.05, 0) is 0 Å². The van der Waals surface area contributed by atoms with Crippen LogP contribution in [0.2, 0.25) is 0 Å². The number of aromatic amines is 1. The second-order valence-electron chi connectivity index (χ2n) is 3.82. The minimum Gasteiger partial charge on any atom is -0.368 e. The Morgan fingerprint density at radius 1 is 1.39 bits per heavy atom. The lowest BCUT2D eigenvalue weighted by Crippen LogP contribution is -2.25. The summed E-state index contributed by atoms with van der Waals surface area (Å²) in [4.78, 5) is 9.21. The van der Waals surface area contributed by atoms with Crippen molar-refractivity contribution in [2.75, 3.05) is 24.2 Å². The second-order valence-corrected chi connectivity index (χ2v) is 3.82. The van der Waals surface area contributed by atoms with Crippen LogP contribution in [-0.4, -0.2) is 39.9 Å². The van der Waals surface area contributed by atoms with Gasteiger partial charge in [-0.2, -0.15) is 28.2 Å². The lowest BCUT2D eigenvalue weighted by atomic mass is 10.3. The molecule has 0 saturated heterocycles. The van der Waals surface area contributed by atoms with Crippen LogP contribution in [0.1, 0.15) is 6.42 Å². The average molecular weight is 260 g/mol. The van der Waals surface area contributed by atoms with Crippen molar-refractivity contribution in [3.05, 3.63) is 6.20 Å². The average Bonchev–Trinajstić information content (AvgIpc) is 2.71. The maximum Gasteiger partial charge on any atom is 0.390 e. The van der Waals surface area contributed by atoms with Gasteiger partial charge < -0.3 is 10.6 Å². The lowest BCUT2D eigenvalue weighted by Gasteiger charge is -2.19. The zero-order chi connectivity index (χ0) is 13.3. The van der Waals surface area contributed by atoms with E-state index in [0.29, 0.717) is 16.9 Å². The van der Waals surface area contributed by atoms with E-state index >= 15 is 0 Å². The molecule has 0 aliphatic rings. The molecule has 0 aliphatic heterocycles. The highest BCUT2D eigenvalue weighted by atomic mass is 19.4. The summed E-state index contributed by atoms with van der Waals surface area (Å²) < 4.78 is 36.5. The second kappa shape index (κ2) is 4.31. The van der Waals surface area contributed by atoms with Gasteiger partial charge in [-0.1, -0.05) is 0 Å². The summed E-state index contributed by atoms with van der Waals surface area (Å²) in [5, 5.41) is 6.90. The highest BCUT2D eigenvalue weighted by molar-refractivity contribution is 5.87. The summed E-state index contributed by atoms with van der Waals surface area (Å²) >= 11 is 0. The first-order valence-corrected chi connectivity index (χ1v) is 5.11. The van der Waals surface area contributed by atoms with Gasteiger partial charge in [0.15, 0.2) is 5.65 Å². The first-order chi connectivity index (χ1) is 8.37. The predicted molar refractivity (Wildman–Crippen MR) is 60.0 cm³/mol. The number of alkyl halides is 3. The fraction of sp³-hybridized carbons (Fsp3) is 0.444. The van der Waals surface area contributed by atoms with Crippen molar-refractivity contribution < 1.29 is 13.2 Å². The summed E-state index contributed by atoms with van der Waals surface area (Å²) in [6, 6.07) is 0. The summed E-state index contributed by atoms with van der Waals surface area (Å²) in [6.45, 7) is -0.208. The number of anilines is 2. The van der Waals surface area contributed by atoms with Crippen molar-refractivity contribution in [3.8, 4) is 0 Å². The van der Waals surface area contributed by atoms with Crippen LogP contribution >= 0.6 is 0 Å². The molecule has 18 heavy (non-hydrogen) atoms. The number of nitrogens with two attached hydrogens (primary N) is 1. The summed E-state index contributed by atoms with van der Waals surface area (Å²) in [7, 11) is 1.51. The third-order valence-corrected chi connectivity index (χ3v) is 2.40. The van der Waals surface area contributed by atoms with Gasteiger partial charge in [-0.15, -0.1) is 0 Å². The third kappa shape index (κ3) is 2.60. The van der Waals surface area contributed by atoms with E-state index in [-0.39, 0.29) is 12.5 Å². The number of nitrogen functional groups attached to an aromatic ring is 1. The number of halogens is 3. The Labute approximate surface area is 100 Å². The van der Waals surface area contributed by atoms with E-state index in [1.54, 1.807) is 0 Å². The largest absolute Gasteiger partial charge is 0.390 e. The van der Waals surface area contributed by atoms with Crippen molar-refractivity contribution in [1.29, 1.82) is 0 Å². The molecular weight excluding hydrogens is 249 g/mol. The Bertz CT molecular complexity index is 549. The fourth-order valence-electron chi connectivity index (χ4n) is 1.53. The summed E-state index contributed by atoms with van der Waals surface area (Å²) in [5.41, 5.74) is 5.88. The number of aromatic nitrogens is 4. The van der Waals surface area contributed by atoms with E-state index < -0.39 is 12.6 Å². The monoisotopic (exact) mass is 260 g/mol. The van der Waals surface area contributed by atoms with Crippen LogP contribution in [-0.2, 0) is 0 Å². The molecule has 0 atom stereocenters. The topological polar surface area (TPSA) is 83.7 Å². The van der Waals surface area contributed by atoms with Crippen molar-refractivity contribution in [1.82, 2.24) is 20.2 Å². The molecule has 0 spiro atoms. The highest BCUT2D eigenvalue weighted by Crippen LogP contribution is 2.25. The molecule has 2 heterocycles. The Balaban J connectivity index is 2.26. The smallest absolute Gasteiger partial charge is 0.368 e. The molecule has 0 unspecified atom stereocenters. The minimum atomic E-state index is -4.21. The van der Waals surface area contributed by atoms with E-state index in [0.717, 1.165) is 0 Å². The number of rotatable bonds is 3. The van der Waals surface area contributed by atoms with Crippen molar-refractivity contribution in [2.45, 2.75) is 12.6 Å². The van der Waals surface area contributed by atoms with Gasteiger partial charge in [0.1, 0.15) is 5.82 Å². The van der Waals surface area contributed by atoms with Crippen LogP contribution in [0.4, 0.5) is 24.9 Å². The Kier molecular flexibility index (Phi) is 2.97. The van der Waals surface area contributed by atoms with E-state index in [1.165, 1.54) is 18.1 Å². The molecule has 0 amide bonds. The zero-order valence-electron chi connectivity index (χ0n) is 9.49. The summed E-state index contributed by atoms with van der Waals surface area (Å²) in [6.07, 6.45) is -3.68. The SMILES string of the molecule is CN(CCC(F)(F)F)c1nc(N)nc2[nH]ncc12. The number of fused-ring (bicyclic) bond motifs is 1.